The van der Waals surface area contributed by atoms with Crippen LogP contribution in [0.3, 0.4) is 0 Å². The first-order valence-corrected chi connectivity index (χ1v) is 9.57. The molecule has 0 radical (unpaired) electrons. The second-order valence-corrected chi connectivity index (χ2v) is 6.85. The number of esters is 2. The Hall–Kier alpha value is -3.17. The van der Waals surface area contributed by atoms with Crippen molar-refractivity contribution < 1.29 is 28.5 Å². The summed E-state index contributed by atoms with van der Waals surface area (Å²) in [6, 6.07) is 14.1. The number of aromatic nitrogens is 2. The number of hydrogen-bond acceptors (Lipinski definition) is 7. The summed E-state index contributed by atoms with van der Waals surface area (Å²) in [5.74, 6) is -0.864. The van der Waals surface area contributed by atoms with Gasteiger partial charge in [0.25, 0.3) is 0 Å². The molecule has 1 aromatic heterocycles. The number of para-hydroxylation sites is 1. The summed E-state index contributed by atoms with van der Waals surface area (Å²) in [4.78, 5) is 25.2. The van der Waals surface area contributed by atoms with Gasteiger partial charge in [-0.3, -0.25) is 0 Å². The lowest BCUT2D eigenvalue weighted by Crippen LogP contribution is -2.15. The SMILES string of the molecule is COCOc1ccc(-c2nn(-c3ccccc3)c(C(=O)OC)c2C(=O)OC)cc1Br. The standard InChI is InChI=1S/C21H19BrN2O6/c1-27-12-30-16-10-9-13(11-15(16)22)18-17(20(25)28-2)19(21(26)29-3)24(23-18)14-7-5-4-6-8-14/h4-11H,12H2,1-3H3. The van der Waals surface area contributed by atoms with Gasteiger partial charge in [-0.2, -0.15) is 5.10 Å². The lowest BCUT2D eigenvalue weighted by molar-refractivity contribution is 0.0506. The molecule has 156 valence electrons. The minimum absolute atomic E-state index is 0.00524. The van der Waals surface area contributed by atoms with E-state index in [-0.39, 0.29) is 23.7 Å². The molecule has 0 spiro atoms. The van der Waals surface area contributed by atoms with Gasteiger partial charge in [0.05, 0.1) is 24.4 Å². The van der Waals surface area contributed by atoms with Crippen LogP contribution in [0.15, 0.2) is 53.0 Å². The maximum Gasteiger partial charge on any atom is 0.357 e. The number of ether oxygens (including phenoxy) is 4. The molecule has 0 amide bonds. The van der Waals surface area contributed by atoms with Gasteiger partial charge >= 0.3 is 11.9 Å². The Labute approximate surface area is 181 Å². The van der Waals surface area contributed by atoms with E-state index in [0.29, 0.717) is 21.5 Å². The molecule has 8 nitrogen and oxygen atoms in total. The van der Waals surface area contributed by atoms with E-state index in [2.05, 4.69) is 21.0 Å². The predicted molar refractivity (Wildman–Crippen MR) is 112 cm³/mol. The minimum atomic E-state index is -0.711. The fraction of sp³-hybridized carbons (Fsp3) is 0.190. The highest BCUT2D eigenvalue weighted by Crippen LogP contribution is 2.34. The summed E-state index contributed by atoms with van der Waals surface area (Å²) in [6.45, 7) is 0.0838. The monoisotopic (exact) mass is 474 g/mol. The first kappa shape index (κ1) is 21.5. The molecule has 0 saturated carbocycles. The van der Waals surface area contributed by atoms with E-state index in [0.717, 1.165) is 0 Å². The minimum Gasteiger partial charge on any atom is -0.466 e. The van der Waals surface area contributed by atoms with Crippen LogP contribution in [0.1, 0.15) is 20.8 Å². The maximum atomic E-state index is 12.7. The number of carbonyl (C=O) groups is 2. The Morgan fingerprint density at radius 2 is 1.70 bits per heavy atom. The third-order valence-electron chi connectivity index (χ3n) is 4.19. The number of rotatable bonds is 7. The van der Waals surface area contributed by atoms with Crippen LogP contribution in [0.2, 0.25) is 0 Å². The maximum absolute atomic E-state index is 12.7. The molecule has 0 atom stereocenters. The number of methoxy groups -OCH3 is 3. The van der Waals surface area contributed by atoms with Crippen LogP contribution in [0.4, 0.5) is 0 Å². The van der Waals surface area contributed by atoms with Crippen molar-refractivity contribution in [3.63, 3.8) is 0 Å². The molecular formula is C21H19BrN2O6. The van der Waals surface area contributed by atoms with Gasteiger partial charge in [-0.05, 0) is 46.3 Å². The van der Waals surface area contributed by atoms with Gasteiger partial charge in [0.15, 0.2) is 12.5 Å². The number of carbonyl (C=O) groups excluding carboxylic acids is 2. The highest BCUT2D eigenvalue weighted by molar-refractivity contribution is 9.10. The fourth-order valence-corrected chi connectivity index (χ4v) is 3.34. The Morgan fingerprint density at radius 1 is 1.00 bits per heavy atom. The summed E-state index contributed by atoms with van der Waals surface area (Å²) >= 11 is 3.44. The van der Waals surface area contributed by atoms with Crippen molar-refractivity contribution in [3.05, 3.63) is 64.3 Å². The van der Waals surface area contributed by atoms with Gasteiger partial charge in [-0.1, -0.05) is 18.2 Å². The van der Waals surface area contributed by atoms with E-state index in [1.807, 2.05) is 6.07 Å². The first-order valence-electron chi connectivity index (χ1n) is 8.78. The van der Waals surface area contributed by atoms with Crippen LogP contribution >= 0.6 is 15.9 Å². The van der Waals surface area contributed by atoms with Crippen molar-refractivity contribution in [2.45, 2.75) is 0 Å². The van der Waals surface area contributed by atoms with E-state index in [1.165, 1.54) is 26.0 Å². The molecule has 3 aromatic rings. The van der Waals surface area contributed by atoms with Crippen molar-refractivity contribution in [1.82, 2.24) is 9.78 Å². The zero-order valence-corrected chi connectivity index (χ0v) is 18.1. The molecule has 0 aliphatic rings. The normalized spacial score (nSPS) is 10.5. The second kappa shape index (κ2) is 9.55. The average molecular weight is 475 g/mol. The van der Waals surface area contributed by atoms with Gasteiger partial charge < -0.3 is 18.9 Å². The van der Waals surface area contributed by atoms with Crippen molar-refractivity contribution in [3.8, 4) is 22.7 Å². The third-order valence-corrected chi connectivity index (χ3v) is 4.81. The first-order chi connectivity index (χ1) is 14.5. The lowest BCUT2D eigenvalue weighted by atomic mass is 10.1. The van der Waals surface area contributed by atoms with Crippen LogP contribution in [0.25, 0.3) is 16.9 Å². The smallest absolute Gasteiger partial charge is 0.357 e. The number of benzene rings is 2. The Kier molecular flexibility index (Phi) is 6.86. The lowest BCUT2D eigenvalue weighted by Gasteiger charge is -2.09. The van der Waals surface area contributed by atoms with E-state index in [1.54, 1.807) is 42.5 Å². The van der Waals surface area contributed by atoms with Gasteiger partial charge in [0.1, 0.15) is 17.0 Å². The largest absolute Gasteiger partial charge is 0.466 e. The summed E-state index contributed by atoms with van der Waals surface area (Å²) in [5.41, 5.74) is 1.41. The van der Waals surface area contributed by atoms with Crippen molar-refractivity contribution in [1.29, 1.82) is 0 Å². The molecule has 3 rings (SSSR count). The summed E-state index contributed by atoms with van der Waals surface area (Å²) in [5, 5.41) is 4.55. The molecule has 0 aliphatic heterocycles. The topological polar surface area (TPSA) is 88.9 Å². The molecule has 30 heavy (non-hydrogen) atoms. The van der Waals surface area contributed by atoms with Gasteiger partial charge in [-0.15, -0.1) is 0 Å². The van der Waals surface area contributed by atoms with E-state index in [4.69, 9.17) is 18.9 Å². The molecule has 2 aromatic carbocycles. The molecule has 0 saturated heterocycles. The van der Waals surface area contributed by atoms with E-state index < -0.39 is 11.9 Å². The van der Waals surface area contributed by atoms with Crippen molar-refractivity contribution in [2.24, 2.45) is 0 Å². The predicted octanol–water partition coefficient (Wildman–Crippen LogP) is 3.86. The Balaban J connectivity index is 2.24. The molecule has 0 N–H and O–H groups in total. The second-order valence-electron chi connectivity index (χ2n) is 6.00. The Bertz CT molecular complexity index is 1060. The van der Waals surface area contributed by atoms with Crippen LogP contribution < -0.4 is 4.74 Å². The average Bonchev–Trinajstić information content (AvgIpc) is 3.18. The molecule has 0 aliphatic carbocycles. The third kappa shape index (κ3) is 4.22. The van der Waals surface area contributed by atoms with Gasteiger partial charge in [-0.25, -0.2) is 14.3 Å². The highest BCUT2D eigenvalue weighted by Gasteiger charge is 2.31. The summed E-state index contributed by atoms with van der Waals surface area (Å²) in [6.07, 6.45) is 0. The zero-order chi connectivity index (χ0) is 21.7. The number of hydrogen-bond donors (Lipinski definition) is 0. The quantitative estimate of drug-likeness (QED) is 0.379. The van der Waals surface area contributed by atoms with Crippen LogP contribution in [0, 0.1) is 0 Å². The van der Waals surface area contributed by atoms with Crippen LogP contribution in [0.5, 0.6) is 5.75 Å². The molecule has 0 unspecified atom stereocenters. The van der Waals surface area contributed by atoms with Crippen LogP contribution in [-0.4, -0.2) is 49.8 Å². The Morgan fingerprint density at radius 3 is 2.30 bits per heavy atom. The van der Waals surface area contributed by atoms with Crippen molar-refractivity contribution in [2.75, 3.05) is 28.1 Å². The van der Waals surface area contributed by atoms with E-state index >= 15 is 0 Å². The molecular weight excluding hydrogens is 456 g/mol. The zero-order valence-electron chi connectivity index (χ0n) is 16.5. The highest BCUT2D eigenvalue weighted by atomic mass is 79.9. The van der Waals surface area contributed by atoms with Gasteiger partial charge in [0, 0.05) is 12.7 Å². The number of nitrogens with zero attached hydrogens (tertiary/aromatic N) is 2. The van der Waals surface area contributed by atoms with Crippen LogP contribution in [-0.2, 0) is 14.2 Å². The van der Waals surface area contributed by atoms with Crippen molar-refractivity contribution >= 4 is 27.9 Å². The summed E-state index contributed by atoms with van der Waals surface area (Å²) in [7, 11) is 4.00. The number of halogens is 1. The molecule has 1 heterocycles. The fourth-order valence-electron chi connectivity index (χ4n) is 2.84. The van der Waals surface area contributed by atoms with Gasteiger partial charge in [0.2, 0.25) is 0 Å². The molecule has 0 bridgehead atoms. The molecule has 0 fully saturated rings. The summed E-state index contributed by atoms with van der Waals surface area (Å²) < 4.78 is 22.2. The molecule has 9 heteroatoms. The van der Waals surface area contributed by atoms with E-state index in [9.17, 15) is 9.59 Å².